The molecule has 2 aliphatic carbocycles. The second-order valence-corrected chi connectivity index (χ2v) is 5.40. The lowest BCUT2D eigenvalue weighted by atomic mass is 9.78. The van der Waals surface area contributed by atoms with E-state index in [1.165, 1.54) is 57.8 Å². The van der Waals surface area contributed by atoms with E-state index < -0.39 is 0 Å². The highest BCUT2D eigenvalue weighted by Gasteiger charge is 2.23. The minimum atomic E-state index is 1.03. The van der Waals surface area contributed by atoms with Crippen molar-refractivity contribution in [3.05, 3.63) is 0 Å². The van der Waals surface area contributed by atoms with Crippen LogP contribution in [0, 0.1) is 17.8 Å². The van der Waals surface area contributed by atoms with Crippen molar-refractivity contribution in [3.8, 4) is 0 Å². The van der Waals surface area contributed by atoms with Gasteiger partial charge in [0.05, 0.1) is 0 Å². The molecule has 1 unspecified atom stereocenters. The van der Waals surface area contributed by atoms with Crippen molar-refractivity contribution in [1.82, 2.24) is 0 Å². The average Bonchev–Trinajstić information content (AvgIpc) is 2.52. The molecule has 0 aromatic carbocycles. The fraction of sp³-hybridized carbons (Fsp3) is 1.00. The first-order valence-electron chi connectivity index (χ1n) is 6.36. The first-order chi connectivity index (χ1) is 6.36. The molecule has 2 rings (SSSR count). The molecule has 0 N–H and O–H groups in total. The largest absolute Gasteiger partial charge is 0.0622 e. The van der Waals surface area contributed by atoms with E-state index in [-0.39, 0.29) is 0 Å². The zero-order chi connectivity index (χ0) is 9.10. The minimum absolute atomic E-state index is 1.03. The van der Waals surface area contributed by atoms with Crippen molar-refractivity contribution in [2.45, 2.75) is 64.7 Å². The summed E-state index contributed by atoms with van der Waals surface area (Å²) in [5, 5.41) is 0. The Morgan fingerprint density at radius 1 is 1.00 bits per heavy atom. The van der Waals surface area contributed by atoms with Gasteiger partial charge in [-0.1, -0.05) is 64.7 Å². The second kappa shape index (κ2) is 4.48. The van der Waals surface area contributed by atoms with Gasteiger partial charge < -0.3 is 0 Å². The van der Waals surface area contributed by atoms with Gasteiger partial charge in [-0.15, -0.1) is 0 Å². The van der Waals surface area contributed by atoms with Gasteiger partial charge in [-0.3, -0.25) is 0 Å². The van der Waals surface area contributed by atoms with Crippen molar-refractivity contribution in [2.75, 3.05) is 0 Å². The molecule has 0 aromatic heterocycles. The summed E-state index contributed by atoms with van der Waals surface area (Å²) in [5.74, 6) is 3.26. The van der Waals surface area contributed by atoms with E-state index in [2.05, 4.69) is 6.92 Å². The molecule has 13 heavy (non-hydrogen) atoms. The molecular weight excluding hydrogens is 156 g/mol. The maximum absolute atomic E-state index is 2.49. The lowest BCUT2D eigenvalue weighted by molar-refractivity contribution is 0.247. The number of hydrogen-bond donors (Lipinski definition) is 0. The van der Waals surface area contributed by atoms with Crippen LogP contribution in [0.4, 0.5) is 0 Å². The van der Waals surface area contributed by atoms with Crippen LogP contribution in [0.25, 0.3) is 0 Å². The minimum Gasteiger partial charge on any atom is -0.0622 e. The van der Waals surface area contributed by atoms with E-state index in [0.717, 1.165) is 17.8 Å². The lowest BCUT2D eigenvalue weighted by Gasteiger charge is -2.28. The molecule has 0 spiro atoms. The first-order valence-corrected chi connectivity index (χ1v) is 6.36. The smallest absolute Gasteiger partial charge is 0.0388 e. The Morgan fingerprint density at radius 2 is 1.69 bits per heavy atom. The van der Waals surface area contributed by atoms with Gasteiger partial charge in [0.1, 0.15) is 0 Å². The van der Waals surface area contributed by atoms with E-state index in [4.69, 9.17) is 0 Å². The van der Waals surface area contributed by atoms with Gasteiger partial charge in [0, 0.05) is 0 Å². The topological polar surface area (TPSA) is 0 Å². The van der Waals surface area contributed by atoms with E-state index >= 15 is 0 Å². The molecule has 0 aliphatic heterocycles. The zero-order valence-electron chi connectivity index (χ0n) is 9.10. The molecule has 1 atom stereocenters. The van der Waals surface area contributed by atoms with Crippen LogP contribution >= 0.6 is 0 Å². The molecule has 0 heteroatoms. The van der Waals surface area contributed by atoms with Crippen LogP contribution in [0.2, 0.25) is 0 Å². The third kappa shape index (κ3) is 2.48. The Kier molecular flexibility index (Phi) is 3.29. The molecule has 0 saturated heterocycles. The Morgan fingerprint density at radius 3 is 2.23 bits per heavy atom. The van der Waals surface area contributed by atoms with Gasteiger partial charge in [0.15, 0.2) is 0 Å². The third-order valence-corrected chi connectivity index (χ3v) is 4.46. The highest BCUT2D eigenvalue weighted by Crippen LogP contribution is 2.37. The van der Waals surface area contributed by atoms with Crippen LogP contribution in [0.15, 0.2) is 0 Å². The summed E-state index contributed by atoms with van der Waals surface area (Å²) in [4.78, 5) is 0. The van der Waals surface area contributed by atoms with Gasteiger partial charge in [-0.2, -0.15) is 0 Å². The molecule has 0 aromatic rings. The molecule has 2 fully saturated rings. The summed E-state index contributed by atoms with van der Waals surface area (Å²) < 4.78 is 0. The Balaban J connectivity index is 1.62. The predicted octanol–water partition coefficient (Wildman–Crippen LogP) is 4.39. The first kappa shape index (κ1) is 9.55. The summed E-state index contributed by atoms with van der Waals surface area (Å²) in [7, 11) is 0. The van der Waals surface area contributed by atoms with Crippen LogP contribution in [-0.4, -0.2) is 0 Å². The van der Waals surface area contributed by atoms with Gasteiger partial charge in [-0.25, -0.2) is 0 Å². The second-order valence-electron chi connectivity index (χ2n) is 5.40. The van der Waals surface area contributed by atoms with E-state index in [9.17, 15) is 0 Å². The van der Waals surface area contributed by atoms with Gasteiger partial charge >= 0.3 is 0 Å². The molecule has 0 amide bonds. The summed E-state index contributed by atoms with van der Waals surface area (Å²) in [6.45, 7) is 2.49. The molecular formula is C13H24. The van der Waals surface area contributed by atoms with Gasteiger partial charge in [0.25, 0.3) is 0 Å². The van der Waals surface area contributed by atoms with E-state index in [0.29, 0.717) is 0 Å². The quantitative estimate of drug-likeness (QED) is 0.602. The third-order valence-electron chi connectivity index (χ3n) is 4.46. The van der Waals surface area contributed by atoms with Crippen molar-refractivity contribution in [2.24, 2.45) is 17.8 Å². The predicted molar refractivity (Wildman–Crippen MR) is 57.7 cm³/mol. The van der Waals surface area contributed by atoms with Crippen molar-refractivity contribution in [3.63, 3.8) is 0 Å². The van der Waals surface area contributed by atoms with Crippen LogP contribution in [0.1, 0.15) is 64.7 Å². The lowest BCUT2D eigenvalue weighted by Crippen LogP contribution is -2.14. The highest BCUT2D eigenvalue weighted by molar-refractivity contribution is 4.75. The van der Waals surface area contributed by atoms with E-state index in [1.54, 1.807) is 0 Å². The Hall–Kier alpha value is 0. The molecule has 2 aliphatic rings. The summed E-state index contributed by atoms with van der Waals surface area (Å²) in [5.41, 5.74) is 0. The standard InChI is InChI=1S/C13H24/c1-11(13-7-2-3-8-13)9-10-12-5-4-6-12/h11-13H,2-10H2,1H3. The normalized spacial score (nSPS) is 27.5. The molecule has 2 saturated carbocycles. The van der Waals surface area contributed by atoms with Crippen LogP contribution in [0.3, 0.4) is 0 Å². The fourth-order valence-corrected chi connectivity index (χ4v) is 3.04. The van der Waals surface area contributed by atoms with Crippen LogP contribution < -0.4 is 0 Å². The SMILES string of the molecule is CC(CCC1CCC1)C1CCCC1. The summed E-state index contributed by atoms with van der Waals surface area (Å²) in [6, 6.07) is 0. The molecule has 0 radical (unpaired) electrons. The molecule has 0 bridgehead atoms. The van der Waals surface area contributed by atoms with Crippen molar-refractivity contribution >= 4 is 0 Å². The maximum atomic E-state index is 2.49. The van der Waals surface area contributed by atoms with Crippen LogP contribution in [0.5, 0.6) is 0 Å². The monoisotopic (exact) mass is 180 g/mol. The van der Waals surface area contributed by atoms with Gasteiger partial charge in [-0.05, 0) is 17.8 Å². The van der Waals surface area contributed by atoms with Crippen LogP contribution in [-0.2, 0) is 0 Å². The summed E-state index contributed by atoms with van der Waals surface area (Å²) >= 11 is 0. The van der Waals surface area contributed by atoms with Gasteiger partial charge in [0.2, 0.25) is 0 Å². The number of rotatable bonds is 4. The molecule has 76 valence electrons. The van der Waals surface area contributed by atoms with Crippen molar-refractivity contribution < 1.29 is 0 Å². The molecule has 0 heterocycles. The highest BCUT2D eigenvalue weighted by atomic mass is 14.3. The molecule has 0 nitrogen and oxygen atoms in total. The fourth-order valence-electron chi connectivity index (χ4n) is 3.04. The number of hydrogen-bond acceptors (Lipinski definition) is 0. The average molecular weight is 180 g/mol. The Labute approximate surface area is 83.1 Å². The zero-order valence-corrected chi connectivity index (χ0v) is 9.10. The Bertz CT molecular complexity index is 140. The van der Waals surface area contributed by atoms with Crippen molar-refractivity contribution in [1.29, 1.82) is 0 Å². The summed E-state index contributed by atoms with van der Waals surface area (Å²) in [6.07, 6.45) is 13.7. The maximum Gasteiger partial charge on any atom is -0.0388 e. The van der Waals surface area contributed by atoms with E-state index in [1.807, 2.05) is 0 Å².